The van der Waals surface area contributed by atoms with Gasteiger partial charge in [0.1, 0.15) is 11.9 Å². The third kappa shape index (κ3) is 3.43. The van der Waals surface area contributed by atoms with Crippen LogP contribution >= 0.6 is 0 Å². The van der Waals surface area contributed by atoms with Crippen LogP contribution in [0.1, 0.15) is 31.4 Å². The molecule has 29 heavy (non-hydrogen) atoms. The van der Waals surface area contributed by atoms with Crippen LogP contribution in [0.2, 0.25) is 0 Å². The Morgan fingerprint density at radius 1 is 1.34 bits per heavy atom. The highest BCUT2D eigenvalue weighted by atomic mass is 19.1. The van der Waals surface area contributed by atoms with Crippen LogP contribution in [0.5, 0.6) is 0 Å². The summed E-state index contributed by atoms with van der Waals surface area (Å²) in [7, 11) is 0. The maximum atomic E-state index is 15.6. The molecular formula is C21H18FN5O2. The summed E-state index contributed by atoms with van der Waals surface area (Å²) in [5.74, 6) is -0.607. The van der Waals surface area contributed by atoms with Gasteiger partial charge in [-0.1, -0.05) is 24.3 Å². The van der Waals surface area contributed by atoms with E-state index in [2.05, 4.69) is 15.6 Å². The highest BCUT2D eigenvalue weighted by molar-refractivity contribution is 5.97. The molecule has 1 aromatic heterocycles. The Balaban J connectivity index is 1.84. The molecule has 0 bridgehead atoms. The van der Waals surface area contributed by atoms with Gasteiger partial charge in [0.2, 0.25) is 0 Å². The number of urea groups is 2. The maximum Gasteiger partial charge on any atom is 0.330 e. The lowest BCUT2D eigenvalue weighted by Gasteiger charge is -2.35. The number of pyridine rings is 1. The lowest BCUT2D eigenvalue weighted by Crippen LogP contribution is -2.53. The molecule has 1 atom stereocenters. The van der Waals surface area contributed by atoms with E-state index in [-0.39, 0.29) is 22.7 Å². The molecule has 146 valence electrons. The summed E-state index contributed by atoms with van der Waals surface area (Å²) < 4.78 is 15.6. The third-order valence-electron chi connectivity index (χ3n) is 4.99. The summed E-state index contributed by atoms with van der Waals surface area (Å²) in [6, 6.07) is 7.63. The first-order valence-corrected chi connectivity index (χ1v) is 9.21. The Labute approximate surface area is 166 Å². The first-order chi connectivity index (χ1) is 14.0. The summed E-state index contributed by atoms with van der Waals surface area (Å²) in [5, 5.41) is 15.0. The van der Waals surface area contributed by atoms with Crippen molar-refractivity contribution in [3.8, 4) is 17.2 Å². The van der Waals surface area contributed by atoms with Crippen LogP contribution in [-0.4, -0.2) is 28.0 Å². The number of hydrogen-bond donors (Lipinski definition) is 2. The number of nitrogens with one attached hydrogen (secondary N) is 2. The van der Waals surface area contributed by atoms with E-state index in [0.717, 1.165) is 17.7 Å². The van der Waals surface area contributed by atoms with Crippen molar-refractivity contribution in [3.63, 3.8) is 0 Å². The van der Waals surface area contributed by atoms with Crippen LogP contribution in [0, 0.1) is 17.1 Å². The molecular weight excluding hydrogens is 373 g/mol. The third-order valence-corrected chi connectivity index (χ3v) is 4.99. The molecule has 0 radical (unpaired) electrons. The molecule has 2 heterocycles. The van der Waals surface area contributed by atoms with Crippen molar-refractivity contribution >= 4 is 12.1 Å². The fraction of sp³-hybridized carbons (Fsp3) is 0.238. The molecule has 1 unspecified atom stereocenters. The van der Waals surface area contributed by atoms with Gasteiger partial charge in [0, 0.05) is 40.8 Å². The lowest BCUT2D eigenvalue weighted by atomic mass is 9.92. The predicted molar refractivity (Wildman–Crippen MR) is 103 cm³/mol. The number of aromatic nitrogens is 1. The fourth-order valence-electron chi connectivity index (χ4n) is 3.37. The lowest BCUT2D eigenvalue weighted by molar-refractivity contribution is 0.172. The minimum Gasteiger partial charge on any atom is -0.335 e. The van der Waals surface area contributed by atoms with Crippen molar-refractivity contribution in [1.82, 2.24) is 20.5 Å². The topological polar surface area (TPSA) is 98.1 Å². The molecule has 1 aromatic carbocycles. The average Bonchev–Trinajstić information content (AvgIpc) is 3.52. The molecule has 1 fully saturated rings. The SMILES string of the molecule is CC1=C(C#N)C(c2cccc(-c3cccnc3)c2F)N(C(=O)NC2CC2)C(=O)N1. The number of allylic oxidation sites excluding steroid dienone is 1. The zero-order valence-electron chi connectivity index (χ0n) is 15.6. The summed E-state index contributed by atoms with van der Waals surface area (Å²) in [6.07, 6.45) is 4.77. The van der Waals surface area contributed by atoms with Crippen LogP contribution in [0.25, 0.3) is 11.1 Å². The van der Waals surface area contributed by atoms with Gasteiger partial charge in [0.15, 0.2) is 0 Å². The number of carbonyl (C=O) groups is 2. The second kappa shape index (κ2) is 7.36. The highest BCUT2D eigenvalue weighted by Crippen LogP contribution is 2.37. The zero-order chi connectivity index (χ0) is 20.5. The standard InChI is InChI=1S/C21H18FN5O2/c1-12-17(10-23)19(27(20(28)25-12)21(29)26-14-7-8-14)16-6-2-5-15(18(16)22)13-4-3-9-24-11-13/h2-6,9,11,14,19H,7-8H2,1H3,(H,25,28)(H,26,29). The Morgan fingerprint density at radius 3 is 2.79 bits per heavy atom. The van der Waals surface area contributed by atoms with Crippen molar-refractivity contribution in [3.05, 3.63) is 65.4 Å². The second-order valence-corrected chi connectivity index (χ2v) is 7.03. The molecule has 8 heteroatoms. The molecule has 1 saturated carbocycles. The van der Waals surface area contributed by atoms with Crippen LogP contribution < -0.4 is 10.6 Å². The van der Waals surface area contributed by atoms with Crippen molar-refractivity contribution in [2.24, 2.45) is 0 Å². The molecule has 2 aromatic rings. The number of rotatable bonds is 3. The smallest absolute Gasteiger partial charge is 0.330 e. The molecule has 1 aliphatic carbocycles. The minimum absolute atomic E-state index is 0.0000585. The number of carbonyl (C=O) groups excluding carboxylic acids is 2. The Morgan fingerprint density at radius 2 is 2.14 bits per heavy atom. The molecule has 2 aliphatic rings. The van der Waals surface area contributed by atoms with Gasteiger partial charge in [0.25, 0.3) is 0 Å². The van der Waals surface area contributed by atoms with E-state index in [4.69, 9.17) is 0 Å². The van der Waals surface area contributed by atoms with E-state index < -0.39 is 23.9 Å². The predicted octanol–water partition coefficient (Wildman–Crippen LogP) is 3.62. The van der Waals surface area contributed by atoms with Gasteiger partial charge in [-0.25, -0.2) is 18.9 Å². The molecule has 7 nitrogen and oxygen atoms in total. The second-order valence-electron chi connectivity index (χ2n) is 7.03. The number of imide groups is 1. The Kier molecular flexibility index (Phi) is 4.72. The molecule has 0 spiro atoms. The molecule has 1 aliphatic heterocycles. The van der Waals surface area contributed by atoms with Gasteiger partial charge >= 0.3 is 12.1 Å². The van der Waals surface area contributed by atoms with Gasteiger partial charge in [-0.15, -0.1) is 0 Å². The van der Waals surface area contributed by atoms with Crippen molar-refractivity contribution in [1.29, 1.82) is 5.26 Å². The van der Waals surface area contributed by atoms with Gasteiger partial charge in [0.05, 0.1) is 11.6 Å². The van der Waals surface area contributed by atoms with E-state index in [1.165, 1.54) is 12.3 Å². The normalized spacial score (nSPS) is 18.9. The first kappa shape index (κ1) is 18.6. The van der Waals surface area contributed by atoms with Gasteiger partial charge in [-0.3, -0.25) is 4.98 Å². The van der Waals surface area contributed by atoms with Crippen molar-refractivity contribution in [2.75, 3.05) is 0 Å². The number of nitrogens with zero attached hydrogens (tertiary/aromatic N) is 3. The molecule has 0 saturated heterocycles. The van der Waals surface area contributed by atoms with Gasteiger partial charge in [-0.2, -0.15) is 5.26 Å². The molecule has 4 amide bonds. The van der Waals surface area contributed by atoms with Crippen LogP contribution in [-0.2, 0) is 0 Å². The fourth-order valence-corrected chi connectivity index (χ4v) is 3.37. The van der Waals surface area contributed by atoms with E-state index in [0.29, 0.717) is 11.3 Å². The Hall–Kier alpha value is -3.73. The maximum absolute atomic E-state index is 15.6. The first-order valence-electron chi connectivity index (χ1n) is 9.21. The van der Waals surface area contributed by atoms with Crippen LogP contribution in [0.4, 0.5) is 14.0 Å². The highest BCUT2D eigenvalue weighted by Gasteiger charge is 2.41. The largest absolute Gasteiger partial charge is 0.335 e. The number of hydrogen-bond acceptors (Lipinski definition) is 4. The summed E-state index contributed by atoms with van der Waals surface area (Å²) in [5.41, 5.74) is 1.31. The summed E-state index contributed by atoms with van der Waals surface area (Å²) >= 11 is 0. The molecule has 4 rings (SSSR count). The average molecular weight is 391 g/mol. The monoisotopic (exact) mass is 391 g/mol. The van der Waals surface area contributed by atoms with Crippen molar-refractivity contribution < 1.29 is 14.0 Å². The zero-order valence-corrected chi connectivity index (χ0v) is 15.6. The minimum atomic E-state index is -1.16. The van der Waals surface area contributed by atoms with Crippen LogP contribution in [0.3, 0.4) is 0 Å². The number of amides is 4. The molecule has 2 N–H and O–H groups in total. The van der Waals surface area contributed by atoms with Gasteiger partial charge in [-0.05, 0) is 25.8 Å². The number of nitriles is 1. The van der Waals surface area contributed by atoms with E-state index >= 15 is 4.39 Å². The quantitative estimate of drug-likeness (QED) is 0.835. The number of halogens is 1. The van der Waals surface area contributed by atoms with E-state index in [1.54, 1.807) is 37.4 Å². The Bertz CT molecular complexity index is 1060. The van der Waals surface area contributed by atoms with Crippen LogP contribution in [0.15, 0.2) is 54.0 Å². The van der Waals surface area contributed by atoms with E-state index in [1.807, 2.05) is 6.07 Å². The summed E-state index contributed by atoms with van der Waals surface area (Å²) in [4.78, 5) is 30.3. The van der Waals surface area contributed by atoms with E-state index in [9.17, 15) is 14.9 Å². The number of benzene rings is 1. The summed E-state index contributed by atoms with van der Waals surface area (Å²) in [6.45, 7) is 1.56. The van der Waals surface area contributed by atoms with Crippen molar-refractivity contribution in [2.45, 2.75) is 31.8 Å². The van der Waals surface area contributed by atoms with Gasteiger partial charge < -0.3 is 10.6 Å².